The Hall–Kier alpha value is -0.420. The van der Waals surface area contributed by atoms with E-state index in [-0.39, 0.29) is 5.54 Å². The second kappa shape index (κ2) is 6.35. The molecule has 0 aliphatic carbocycles. The van der Waals surface area contributed by atoms with Crippen LogP contribution in [-0.2, 0) is 4.74 Å². The minimum atomic E-state index is 0.145. The van der Waals surface area contributed by atoms with E-state index in [0.717, 1.165) is 32.7 Å². The third-order valence-electron chi connectivity index (χ3n) is 4.44. The maximum Gasteiger partial charge on any atom is 0.0594 e. The highest BCUT2D eigenvalue weighted by atomic mass is 32.1. The molecule has 1 aromatic heterocycles. The Morgan fingerprint density at radius 3 is 2.63 bits per heavy atom. The summed E-state index contributed by atoms with van der Waals surface area (Å²) >= 11 is 1.84. The van der Waals surface area contributed by atoms with E-state index in [9.17, 15) is 0 Å². The Kier molecular flexibility index (Phi) is 5.01. The van der Waals surface area contributed by atoms with Crippen LogP contribution in [0.3, 0.4) is 0 Å². The van der Waals surface area contributed by atoms with Gasteiger partial charge in [-0.1, -0.05) is 6.92 Å². The SMILES string of the molecule is CCC(C)(C(NC)c1csc(C)c1)N1CCOCC1. The highest BCUT2D eigenvalue weighted by Crippen LogP contribution is 2.36. The number of nitrogens with one attached hydrogen (secondary N) is 1. The van der Waals surface area contributed by atoms with E-state index in [1.54, 1.807) is 0 Å². The van der Waals surface area contributed by atoms with Gasteiger partial charge >= 0.3 is 0 Å². The van der Waals surface area contributed by atoms with Crippen LogP contribution in [0.1, 0.15) is 36.8 Å². The Morgan fingerprint density at radius 2 is 2.16 bits per heavy atom. The minimum Gasteiger partial charge on any atom is -0.379 e. The smallest absolute Gasteiger partial charge is 0.0594 e. The molecule has 19 heavy (non-hydrogen) atoms. The standard InChI is InChI=1S/C15H26N2OS/c1-5-15(3,17-6-8-18-9-7-17)14(16-4)13-10-12(2)19-11-13/h10-11,14,16H,5-9H2,1-4H3. The zero-order valence-electron chi connectivity index (χ0n) is 12.5. The molecule has 0 spiro atoms. The second-order valence-corrected chi connectivity index (χ2v) is 6.64. The Bertz CT molecular complexity index is 401. The summed E-state index contributed by atoms with van der Waals surface area (Å²) in [7, 11) is 2.08. The minimum absolute atomic E-state index is 0.145. The molecular weight excluding hydrogens is 256 g/mol. The van der Waals surface area contributed by atoms with Crippen LogP contribution in [-0.4, -0.2) is 43.8 Å². The predicted octanol–water partition coefficient (Wildman–Crippen LogP) is 2.82. The zero-order valence-corrected chi connectivity index (χ0v) is 13.3. The fraction of sp³-hybridized carbons (Fsp3) is 0.733. The molecule has 108 valence electrons. The molecular formula is C15H26N2OS. The molecule has 1 aliphatic heterocycles. The summed E-state index contributed by atoms with van der Waals surface area (Å²) in [5, 5.41) is 5.84. The number of hydrogen-bond donors (Lipinski definition) is 1. The number of nitrogens with zero attached hydrogens (tertiary/aromatic N) is 1. The van der Waals surface area contributed by atoms with E-state index in [4.69, 9.17) is 4.74 Å². The van der Waals surface area contributed by atoms with Gasteiger partial charge < -0.3 is 10.1 Å². The van der Waals surface area contributed by atoms with Gasteiger partial charge in [-0.3, -0.25) is 4.90 Å². The molecule has 2 rings (SSSR count). The molecule has 0 saturated carbocycles. The second-order valence-electron chi connectivity index (χ2n) is 5.52. The highest BCUT2D eigenvalue weighted by molar-refractivity contribution is 7.10. The van der Waals surface area contributed by atoms with Crippen LogP contribution in [0.4, 0.5) is 0 Å². The number of hydrogen-bond acceptors (Lipinski definition) is 4. The first kappa shape index (κ1) is 15.0. The van der Waals surface area contributed by atoms with Gasteiger partial charge in [0.05, 0.1) is 19.3 Å². The maximum absolute atomic E-state index is 5.50. The topological polar surface area (TPSA) is 24.5 Å². The van der Waals surface area contributed by atoms with Gasteiger partial charge in [0.1, 0.15) is 0 Å². The lowest BCUT2D eigenvalue weighted by Gasteiger charge is -2.47. The van der Waals surface area contributed by atoms with Crippen molar-refractivity contribution in [3.8, 4) is 0 Å². The third kappa shape index (κ3) is 3.02. The summed E-state index contributed by atoms with van der Waals surface area (Å²) in [4.78, 5) is 3.97. The quantitative estimate of drug-likeness (QED) is 0.899. The summed E-state index contributed by atoms with van der Waals surface area (Å²) in [5.74, 6) is 0. The lowest BCUT2D eigenvalue weighted by Crippen LogP contribution is -2.57. The fourth-order valence-electron chi connectivity index (χ4n) is 3.14. The number of thiophene rings is 1. The molecule has 0 aromatic carbocycles. The molecule has 1 saturated heterocycles. The third-order valence-corrected chi connectivity index (χ3v) is 5.32. The van der Waals surface area contributed by atoms with Crippen LogP contribution in [0.5, 0.6) is 0 Å². The Balaban J connectivity index is 2.25. The number of morpholine rings is 1. The van der Waals surface area contributed by atoms with Crippen LogP contribution < -0.4 is 5.32 Å². The molecule has 1 aromatic rings. The van der Waals surface area contributed by atoms with Gasteiger partial charge in [-0.15, -0.1) is 11.3 Å². The molecule has 2 atom stereocenters. The van der Waals surface area contributed by atoms with Crippen molar-refractivity contribution in [3.05, 3.63) is 21.9 Å². The van der Waals surface area contributed by atoms with E-state index < -0.39 is 0 Å². The normalized spacial score (nSPS) is 22.1. The molecule has 4 heteroatoms. The van der Waals surface area contributed by atoms with Crippen molar-refractivity contribution in [2.75, 3.05) is 33.4 Å². The first-order valence-corrected chi connectivity index (χ1v) is 8.05. The van der Waals surface area contributed by atoms with Gasteiger partial charge in [0.25, 0.3) is 0 Å². The van der Waals surface area contributed by atoms with Gasteiger partial charge in [0, 0.05) is 23.5 Å². The van der Waals surface area contributed by atoms with Crippen molar-refractivity contribution in [3.63, 3.8) is 0 Å². The van der Waals surface area contributed by atoms with Gasteiger partial charge in [-0.25, -0.2) is 0 Å². The number of likely N-dealkylation sites (N-methyl/N-ethyl adjacent to an activating group) is 1. The molecule has 0 bridgehead atoms. The first-order chi connectivity index (χ1) is 9.11. The monoisotopic (exact) mass is 282 g/mol. The average Bonchev–Trinajstić information content (AvgIpc) is 2.86. The average molecular weight is 282 g/mol. The largest absolute Gasteiger partial charge is 0.379 e. The first-order valence-electron chi connectivity index (χ1n) is 7.17. The van der Waals surface area contributed by atoms with Crippen LogP contribution >= 0.6 is 11.3 Å². The summed E-state index contributed by atoms with van der Waals surface area (Å²) in [6.07, 6.45) is 1.13. The number of rotatable bonds is 5. The molecule has 2 heterocycles. The van der Waals surface area contributed by atoms with E-state index in [0.29, 0.717) is 6.04 Å². The van der Waals surface area contributed by atoms with Crippen molar-refractivity contribution >= 4 is 11.3 Å². The van der Waals surface area contributed by atoms with Crippen LogP contribution in [0.25, 0.3) is 0 Å². The van der Waals surface area contributed by atoms with Gasteiger partial charge in [0.2, 0.25) is 0 Å². The van der Waals surface area contributed by atoms with Crippen molar-refractivity contribution in [2.45, 2.75) is 38.8 Å². The number of aryl methyl sites for hydroxylation is 1. The van der Waals surface area contributed by atoms with Crippen molar-refractivity contribution in [1.82, 2.24) is 10.2 Å². The Labute approximate surface area is 121 Å². The molecule has 3 nitrogen and oxygen atoms in total. The zero-order chi connectivity index (χ0) is 13.9. The van der Waals surface area contributed by atoms with Crippen molar-refractivity contribution < 1.29 is 4.74 Å². The summed E-state index contributed by atoms with van der Waals surface area (Å²) < 4.78 is 5.50. The van der Waals surface area contributed by atoms with E-state index in [2.05, 4.69) is 49.5 Å². The van der Waals surface area contributed by atoms with Crippen LogP contribution in [0.15, 0.2) is 11.4 Å². The van der Waals surface area contributed by atoms with Gasteiger partial charge in [0.15, 0.2) is 0 Å². The number of ether oxygens (including phenoxy) is 1. The fourth-order valence-corrected chi connectivity index (χ4v) is 3.87. The molecule has 1 N–H and O–H groups in total. The van der Waals surface area contributed by atoms with Gasteiger partial charge in [-0.2, -0.15) is 0 Å². The molecule has 1 aliphatic rings. The van der Waals surface area contributed by atoms with Crippen LogP contribution in [0, 0.1) is 6.92 Å². The summed E-state index contributed by atoms with van der Waals surface area (Å²) in [6, 6.07) is 2.70. The van der Waals surface area contributed by atoms with E-state index in [1.807, 2.05) is 11.3 Å². The predicted molar refractivity (Wildman–Crippen MR) is 81.9 cm³/mol. The molecule has 0 radical (unpaired) electrons. The lowest BCUT2D eigenvalue weighted by molar-refractivity contribution is -0.0318. The lowest BCUT2D eigenvalue weighted by atomic mass is 9.83. The molecule has 2 unspecified atom stereocenters. The van der Waals surface area contributed by atoms with E-state index >= 15 is 0 Å². The Morgan fingerprint density at radius 1 is 1.47 bits per heavy atom. The van der Waals surface area contributed by atoms with E-state index in [1.165, 1.54) is 10.4 Å². The molecule has 1 fully saturated rings. The van der Waals surface area contributed by atoms with Crippen molar-refractivity contribution in [2.24, 2.45) is 0 Å². The van der Waals surface area contributed by atoms with Crippen LogP contribution in [0.2, 0.25) is 0 Å². The van der Waals surface area contributed by atoms with Crippen molar-refractivity contribution in [1.29, 1.82) is 0 Å². The highest BCUT2D eigenvalue weighted by Gasteiger charge is 2.39. The summed E-state index contributed by atoms with van der Waals surface area (Å²) in [6.45, 7) is 10.6. The maximum atomic E-state index is 5.50. The van der Waals surface area contributed by atoms with Gasteiger partial charge in [-0.05, 0) is 44.3 Å². The summed E-state index contributed by atoms with van der Waals surface area (Å²) in [5.41, 5.74) is 1.56. The molecule has 0 amide bonds.